The lowest BCUT2D eigenvalue weighted by molar-refractivity contribution is 0.944. The van der Waals surface area contributed by atoms with Gasteiger partial charge in [-0.2, -0.15) is 0 Å². The van der Waals surface area contributed by atoms with Crippen LogP contribution >= 0.6 is 23.2 Å². The van der Waals surface area contributed by atoms with Crippen LogP contribution in [-0.4, -0.2) is 12.4 Å². The minimum absolute atomic E-state index is 0.611. The van der Waals surface area contributed by atoms with Gasteiger partial charge in [0.15, 0.2) is 0 Å². The van der Waals surface area contributed by atoms with E-state index >= 15 is 0 Å². The Kier molecular flexibility index (Phi) is 3.34. The molecule has 0 aliphatic carbocycles. The number of amidine groups is 1. The van der Waals surface area contributed by atoms with Crippen molar-refractivity contribution < 1.29 is 0 Å². The summed E-state index contributed by atoms with van der Waals surface area (Å²) in [6, 6.07) is 5.30. The molecule has 0 bridgehead atoms. The third-order valence-electron chi connectivity index (χ3n) is 2.09. The van der Waals surface area contributed by atoms with E-state index in [1.807, 2.05) is 0 Å². The molecule has 5 heteroatoms. The maximum atomic E-state index is 5.86. The van der Waals surface area contributed by atoms with E-state index in [-0.39, 0.29) is 0 Å². The highest BCUT2D eigenvalue weighted by atomic mass is 35.5. The summed E-state index contributed by atoms with van der Waals surface area (Å²) >= 11 is 11.7. The van der Waals surface area contributed by atoms with Crippen molar-refractivity contribution in [2.24, 2.45) is 4.99 Å². The fraction of sp³-hybridized carbons (Fsp3) is 0.300. The first-order valence-corrected chi connectivity index (χ1v) is 5.51. The molecule has 80 valence electrons. The molecular weight excluding hydrogens is 233 g/mol. The molecule has 0 atom stereocenters. The Hall–Kier alpha value is -0.930. The monoisotopic (exact) mass is 243 g/mol. The van der Waals surface area contributed by atoms with Crippen molar-refractivity contribution in [1.82, 2.24) is 5.43 Å². The second-order valence-corrected chi connectivity index (χ2v) is 4.21. The SMILES string of the molecule is Clc1cc(Cl)cc(NNC2=NCCC2)c1. The fourth-order valence-electron chi connectivity index (χ4n) is 1.41. The van der Waals surface area contributed by atoms with Gasteiger partial charge in [-0.3, -0.25) is 15.8 Å². The van der Waals surface area contributed by atoms with E-state index in [0.717, 1.165) is 30.9 Å². The van der Waals surface area contributed by atoms with Crippen LogP contribution in [0.5, 0.6) is 0 Å². The molecule has 0 amide bonds. The molecule has 0 unspecified atom stereocenters. The van der Waals surface area contributed by atoms with E-state index < -0.39 is 0 Å². The number of halogens is 2. The molecule has 0 saturated heterocycles. The minimum atomic E-state index is 0.611. The van der Waals surface area contributed by atoms with E-state index in [0.29, 0.717) is 10.0 Å². The molecule has 2 rings (SSSR count). The molecule has 15 heavy (non-hydrogen) atoms. The molecule has 1 aromatic rings. The van der Waals surface area contributed by atoms with Crippen molar-refractivity contribution in [2.75, 3.05) is 12.0 Å². The lowest BCUT2D eigenvalue weighted by atomic mass is 10.3. The topological polar surface area (TPSA) is 36.4 Å². The number of hydrazine groups is 1. The van der Waals surface area contributed by atoms with Crippen LogP contribution < -0.4 is 10.9 Å². The smallest absolute Gasteiger partial charge is 0.115 e. The number of nitrogens with one attached hydrogen (secondary N) is 2. The summed E-state index contributed by atoms with van der Waals surface area (Å²) in [5.41, 5.74) is 6.89. The van der Waals surface area contributed by atoms with Gasteiger partial charge in [-0.1, -0.05) is 23.2 Å². The standard InChI is InChI=1S/C10H11Cl2N3/c11-7-4-8(12)6-9(5-7)14-15-10-2-1-3-13-10/h4-6,14H,1-3H2,(H,13,15). The molecule has 0 fully saturated rings. The summed E-state index contributed by atoms with van der Waals surface area (Å²) in [6.45, 7) is 0.903. The zero-order valence-corrected chi connectivity index (χ0v) is 9.57. The summed E-state index contributed by atoms with van der Waals surface area (Å²) in [7, 11) is 0. The maximum absolute atomic E-state index is 5.86. The average molecular weight is 244 g/mol. The van der Waals surface area contributed by atoms with Crippen LogP contribution in [0.4, 0.5) is 5.69 Å². The number of rotatable bonds is 2. The van der Waals surface area contributed by atoms with Gasteiger partial charge in [-0.05, 0) is 24.6 Å². The number of aliphatic imine (C=N–C) groups is 1. The third-order valence-corrected chi connectivity index (χ3v) is 2.52. The van der Waals surface area contributed by atoms with Crippen LogP contribution in [0.3, 0.4) is 0 Å². The van der Waals surface area contributed by atoms with Crippen LogP contribution in [0, 0.1) is 0 Å². The second-order valence-electron chi connectivity index (χ2n) is 3.34. The predicted octanol–water partition coefficient (Wildman–Crippen LogP) is 3.10. The van der Waals surface area contributed by atoms with Crippen LogP contribution in [0.15, 0.2) is 23.2 Å². The molecule has 0 aromatic heterocycles. The van der Waals surface area contributed by atoms with Gasteiger partial charge in [0.1, 0.15) is 5.84 Å². The Morgan fingerprint density at radius 3 is 2.40 bits per heavy atom. The summed E-state index contributed by atoms with van der Waals surface area (Å²) in [5.74, 6) is 0.978. The van der Waals surface area contributed by atoms with E-state index in [2.05, 4.69) is 15.8 Å². The first kappa shape index (κ1) is 10.6. The summed E-state index contributed by atoms with van der Waals surface area (Å²) in [6.07, 6.45) is 2.10. The van der Waals surface area contributed by atoms with Crippen LogP contribution in [0.1, 0.15) is 12.8 Å². The first-order valence-electron chi connectivity index (χ1n) is 4.75. The highest BCUT2D eigenvalue weighted by Gasteiger charge is 2.05. The number of hydrogen-bond acceptors (Lipinski definition) is 3. The highest BCUT2D eigenvalue weighted by Crippen LogP contribution is 2.21. The minimum Gasteiger partial charge on any atom is -0.300 e. The van der Waals surface area contributed by atoms with Crippen LogP contribution in [0.25, 0.3) is 0 Å². The van der Waals surface area contributed by atoms with Gasteiger partial charge in [0, 0.05) is 23.0 Å². The Morgan fingerprint density at radius 2 is 1.80 bits per heavy atom. The molecule has 2 N–H and O–H groups in total. The normalized spacial score (nSPS) is 14.9. The summed E-state index contributed by atoms with van der Waals surface area (Å²) < 4.78 is 0. The molecule has 3 nitrogen and oxygen atoms in total. The molecular formula is C10H11Cl2N3. The summed E-state index contributed by atoms with van der Waals surface area (Å²) in [5, 5.41) is 1.22. The van der Waals surface area contributed by atoms with Crippen molar-refractivity contribution in [1.29, 1.82) is 0 Å². The number of benzene rings is 1. The van der Waals surface area contributed by atoms with Gasteiger partial charge >= 0.3 is 0 Å². The van der Waals surface area contributed by atoms with Crippen LogP contribution in [0.2, 0.25) is 10.0 Å². The average Bonchev–Trinajstić information content (AvgIpc) is 2.65. The van der Waals surface area contributed by atoms with Crippen LogP contribution in [-0.2, 0) is 0 Å². The zero-order valence-electron chi connectivity index (χ0n) is 8.06. The van der Waals surface area contributed by atoms with Gasteiger partial charge in [0.2, 0.25) is 0 Å². The molecule has 1 heterocycles. The van der Waals surface area contributed by atoms with Crippen molar-refractivity contribution in [3.05, 3.63) is 28.2 Å². The summed E-state index contributed by atoms with van der Waals surface area (Å²) in [4.78, 5) is 4.27. The van der Waals surface area contributed by atoms with Gasteiger partial charge in [0.25, 0.3) is 0 Å². The Balaban J connectivity index is 1.98. The van der Waals surface area contributed by atoms with E-state index in [1.54, 1.807) is 18.2 Å². The molecule has 0 saturated carbocycles. The lowest BCUT2D eigenvalue weighted by Crippen LogP contribution is -2.27. The van der Waals surface area contributed by atoms with E-state index in [4.69, 9.17) is 23.2 Å². The first-order chi connectivity index (χ1) is 7.24. The fourth-order valence-corrected chi connectivity index (χ4v) is 1.94. The molecule has 1 aromatic carbocycles. The quantitative estimate of drug-likeness (QED) is 0.784. The Morgan fingerprint density at radius 1 is 1.07 bits per heavy atom. The Labute approximate surface area is 98.5 Å². The van der Waals surface area contributed by atoms with Gasteiger partial charge in [-0.15, -0.1) is 0 Å². The molecule has 0 radical (unpaired) electrons. The maximum Gasteiger partial charge on any atom is 0.115 e. The van der Waals surface area contributed by atoms with Crippen molar-refractivity contribution in [3.8, 4) is 0 Å². The van der Waals surface area contributed by atoms with Crippen molar-refractivity contribution in [3.63, 3.8) is 0 Å². The third kappa shape index (κ3) is 3.01. The van der Waals surface area contributed by atoms with Gasteiger partial charge in [0.05, 0.1) is 5.69 Å². The number of nitrogens with zero attached hydrogens (tertiary/aromatic N) is 1. The van der Waals surface area contributed by atoms with E-state index in [1.165, 1.54) is 0 Å². The molecule has 1 aliphatic heterocycles. The Bertz CT molecular complexity index is 370. The van der Waals surface area contributed by atoms with Gasteiger partial charge in [-0.25, -0.2) is 0 Å². The van der Waals surface area contributed by atoms with Crippen molar-refractivity contribution >= 4 is 34.7 Å². The van der Waals surface area contributed by atoms with E-state index in [9.17, 15) is 0 Å². The second kappa shape index (κ2) is 4.73. The zero-order chi connectivity index (χ0) is 10.7. The number of hydrogen-bond donors (Lipinski definition) is 2. The lowest BCUT2D eigenvalue weighted by Gasteiger charge is -2.09. The van der Waals surface area contributed by atoms with Gasteiger partial charge < -0.3 is 0 Å². The highest BCUT2D eigenvalue weighted by molar-refractivity contribution is 6.35. The molecule has 0 spiro atoms. The number of anilines is 1. The molecule has 1 aliphatic rings. The van der Waals surface area contributed by atoms with Crippen molar-refractivity contribution in [2.45, 2.75) is 12.8 Å². The largest absolute Gasteiger partial charge is 0.300 e. The predicted molar refractivity (Wildman–Crippen MR) is 64.8 cm³/mol.